The van der Waals surface area contributed by atoms with Crippen molar-refractivity contribution in [1.29, 1.82) is 0 Å². The molecule has 17 heavy (non-hydrogen) atoms. The molecule has 0 bridgehead atoms. The summed E-state index contributed by atoms with van der Waals surface area (Å²) in [5.41, 5.74) is 2.21. The molecule has 1 aromatic carbocycles. The van der Waals surface area contributed by atoms with Gasteiger partial charge in [-0.2, -0.15) is 0 Å². The Morgan fingerprint density at radius 1 is 0.882 bits per heavy atom. The Morgan fingerprint density at radius 3 is 1.47 bits per heavy atom. The van der Waals surface area contributed by atoms with E-state index in [0.717, 1.165) is 5.56 Å². The van der Waals surface area contributed by atoms with Crippen LogP contribution >= 0.6 is 0 Å². The number of benzene rings is 1. The average Bonchev–Trinajstić information content (AvgIpc) is 2.33. The van der Waals surface area contributed by atoms with Crippen LogP contribution in [0.3, 0.4) is 0 Å². The van der Waals surface area contributed by atoms with Gasteiger partial charge in [0, 0.05) is 5.56 Å². The number of carbonyl (C=O) groups excluding carboxylic acids is 1. The lowest BCUT2D eigenvalue weighted by Gasteiger charge is -2.18. The smallest absolute Gasteiger partial charge is 0.159 e. The minimum atomic E-state index is 0.125. The third-order valence-electron chi connectivity index (χ3n) is 2.16. The number of hydrogen-bond acceptors (Lipinski definition) is 1. The second kappa shape index (κ2) is 8.98. The molecule has 1 aromatic rings. The molecular weight excluding hydrogens is 208 g/mol. The third-order valence-corrected chi connectivity index (χ3v) is 2.16. The predicted molar refractivity (Wildman–Crippen MR) is 77.8 cm³/mol. The van der Waals surface area contributed by atoms with Gasteiger partial charge in [-0.05, 0) is 17.9 Å². The lowest BCUT2D eigenvalue weighted by Crippen LogP contribution is -2.10. The Bertz CT molecular complexity index is 301. The molecule has 0 heterocycles. The lowest BCUT2D eigenvalue weighted by molar-refractivity contribution is 0.101. The van der Waals surface area contributed by atoms with Crippen LogP contribution in [0.25, 0.3) is 0 Å². The normalized spacial score (nSPS) is 9.41. The van der Waals surface area contributed by atoms with Gasteiger partial charge in [0.15, 0.2) is 5.78 Å². The number of Topliss-reactive ketones (excluding diaryl/α,β-unsaturated/α-hetero) is 1. The average molecular weight is 236 g/mol. The molecule has 98 valence electrons. The van der Waals surface area contributed by atoms with Gasteiger partial charge in [-0.15, -0.1) is 0 Å². The molecule has 0 aliphatic rings. The fraction of sp³-hybridized carbons (Fsp3) is 0.562. The zero-order chi connectivity index (χ0) is 14.1. The molecule has 0 saturated heterocycles. The molecule has 0 aromatic heterocycles. The second-order valence-electron chi connectivity index (χ2n) is 4.38. The van der Waals surface area contributed by atoms with Crippen LogP contribution in [0.2, 0.25) is 0 Å². The highest BCUT2D eigenvalue weighted by atomic mass is 16.1. The van der Waals surface area contributed by atoms with E-state index in [2.05, 4.69) is 20.8 Å². The molecule has 0 radical (unpaired) electrons. The maximum absolute atomic E-state index is 11.0. The van der Waals surface area contributed by atoms with E-state index < -0.39 is 0 Å². The van der Waals surface area contributed by atoms with Crippen LogP contribution in [0.15, 0.2) is 24.3 Å². The molecular formula is C16H28O. The Labute approximate surface area is 107 Å². The zero-order valence-corrected chi connectivity index (χ0v) is 12.7. The first kappa shape index (κ1) is 18.3. The molecule has 0 fully saturated rings. The van der Waals surface area contributed by atoms with Crippen molar-refractivity contribution in [2.45, 2.75) is 60.8 Å². The molecule has 0 aliphatic carbocycles. The Kier molecular flexibility index (Phi) is 9.64. The largest absolute Gasteiger partial charge is 0.295 e. The topological polar surface area (TPSA) is 17.1 Å². The van der Waals surface area contributed by atoms with Crippen LogP contribution in [-0.2, 0) is 5.41 Å². The van der Waals surface area contributed by atoms with Gasteiger partial charge in [-0.1, -0.05) is 72.7 Å². The molecule has 0 unspecified atom stereocenters. The van der Waals surface area contributed by atoms with Crippen molar-refractivity contribution >= 4 is 5.78 Å². The SMILES string of the molecule is CC.CC.CC(=O)c1ccc(C(C)(C)C)cc1. The summed E-state index contributed by atoms with van der Waals surface area (Å²) in [5.74, 6) is 0.125. The Hall–Kier alpha value is -1.11. The predicted octanol–water partition coefficient (Wildman–Crippen LogP) is 5.24. The summed E-state index contributed by atoms with van der Waals surface area (Å²) in [4.78, 5) is 11.0. The highest BCUT2D eigenvalue weighted by molar-refractivity contribution is 5.94. The van der Waals surface area contributed by atoms with Gasteiger partial charge in [-0.3, -0.25) is 4.79 Å². The summed E-state index contributed by atoms with van der Waals surface area (Å²) in [5, 5.41) is 0. The Morgan fingerprint density at radius 2 is 1.24 bits per heavy atom. The van der Waals surface area contributed by atoms with E-state index in [0.29, 0.717) is 0 Å². The molecule has 1 heteroatoms. The summed E-state index contributed by atoms with van der Waals surface area (Å²) >= 11 is 0. The number of hydrogen-bond donors (Lipinski definition) is 0. The zero-order valence-electron chi connectivity index (χ0n) is 12.7. The fourth-order valence-electron chi connectivity index (χ4n) is 1.20. The highest BCUT2D eigenvalue weighted by Crippen LogP contribution is 2.22. The number of ketones is 1. The van der Waals surface area contributed by atoms with Crippen LogP contribution in [0.1, 0.15) is 71.3 Å². The molecule has 0 saturated carbocycles. The fourth-order valence-corrected chi connectivity index (χ4v) is 1.20. The highest BCUT2D eigenvalue weighted by Gasteiger charge is 2.13. The van der Waals surface area contributed by atoms with Crippen molar-refractivity contribution in [2.75, 3.05) is 0 Å². The van der Waals surface area contributed by atoms with E-state index >= 15 is 0 Å². The number of carbonyl (C=O) groups is 1. The molecule has 0 amide bonds. The van der Waals surface area contributed by atoms with Crippen LogP contribution < -0.4 is 0 Å². The maximum atomic E-state index is 11.0. The standard InChI is InChI=1S/C12H16O.2C2H6/c1-9(13)10-5-7-11(8-6-10)12(2,3)4;2*1-2/h5-8H,1-4H3;2*1-2H3. The first-order valence-electron chi connectivity index (χ1n) is 6.53. The lowest BCUT2D eigenvalue weighted by atomic mass is 9.86. The molecule has 0 aliphatic heterocycles. The van der Waals surface area contributed by atoms with Gasteiger partial charge in [-0.25, -0.2) is 0 Å². The van der Waals surface area contributed by atoms with Gasteiger partial charge in [0.05, 0.1) is 0 Å². The van der Waals surface area contributed by atoms with E-state index in [1.54, 1.807) is 6.92 Å². The first-order chi connectivity index (χ1) is 7.91. The Balaban J connectivity index is 0. The van der Waals surface area contributed by atoms with Crippen LogP contribution in [-0.4, -0.2) is 5.78 Å². The van der Waals surface area contributed by atoms with Gasteiger partial charge >= 0.3 is 0 Å². The van der Waals surface area contributed by atoms with Gasteiger partial charge in [0.1, 0.15) is 0 Å². The van der Waals surface area contributed by atoms with Gasteiger partial charge < -0.3 is 0 Å². The first-order valence-corrected chi connectivity index (χ1v) is 6.53. The summed E-state index contributed by atoms with van der Waals surface area (Å²) in [6.07, 6.45) is 0. The van der Waals surface area contributed by atoms with E-state index in [1.807, 2.05) is 52.0 Å². The molecule has 0 N–H and O–H groups in total. The van der Waals surface area contributed by atoms with Crippen LogP contribution in [0.4, 0.5) is 0 Å². The monoisotopic (exact) mass is 236 g/mol. The molecule has 1 nitrogen and oxygen atoms in total. The second-order valence-corrected chi connectivity index (χ2v) is 4.38. The van der Waals surface area contributed by atoms with E-state index in [-0.39, 0.29) is 11.2 Å². The van der Waals surface area contributed by atoms with Gasteiger partial charge in [0.2, 0.25) is 0 Å². The van der Waals surface area contributed by atoms with Crippen molar-refractivity contribution in [1.82, 2.24) is 0 Å². The van der Waals surface area contributed by atoms with Crippen molar-refractivity contribution in [3.8, 4) is 0 Å². The van der Waals surface area contributed by atoms with E-state index in [1.165, 1.54) is 5.56 Å². The molecule has 0 spiro atoms. The van der Waals surface area contributed by atoms with Crippen molar-refractivity contribution in [3.05, 3.63) is 35.4 Å². The van der Waals surface area contributed by atoms with Crippen molar-refractivity contribution < 1.29 is 4.79 Å². The minimum absolute atomic E-state index is 0.125. The minimum Gasteiger partial charge on any atom is -0.295 e. The van der Waals surface area contributed by atoms with Crippen LogP contribution in [0, 0.1) is 0 Å². The van der Waals surface area contributed by atoms with Crippen LogP contribution in [0.5, 0.6) is 0 Å². The summed E-state index contributed by atoms with van der Waals surface area (Å²) in [7, 11) is 0. The summed E-state index contributed by atoms with van der Waals surface area (Å²) in [6, 6.07) is 7.83. The summed E-state index contributed by atoms with van der Waals surface area (Å²) in [6.45, 7) is 16.1. The van der Waals surface area contributed by atoms with Crippen molar-refractivity contribution in [2.24, 2.45) is 0 Å². The van der Waals surface area contributed by atoms with Gasteiger partial charge in [0.25, 0.3) is 0 Å². The number of rotatable bonds is 1. The maximum Gasteiger partial charge on any atom is 0.159 e. The van der Waals surface area contributed by atoms with Crippen molar-refractivity contribution in [3.63, 3.8) is 0 Å². The van der Waals surface area contributed by atoms with E-state index in [9.17, 15) is 4.79 Å². The van der Waals surface area contributed by atoms with E-state index in [4.69, 9.17) is 0 Å². The molecule has 1 rings (SSSR count). The quantitative estimate of drug-likeness (QED) is 0.609. The third kappa shape index (κ3) is 6.93. The molecule has 0 atom stereocenters. The summed E-state index contributed by atoms with van der Waals surface area (Å²) < 4.78 is 0.